The fourth-order valence-electron chi connectivity index (χ4n) is 3.58. The summed E-state index contributed by atoms with van der Waals surface area (Å²) in [4.78, 5) is 20.6. The number of amides is 1. The Labute approximate surface area is 168 Å². The molecule has 152 valence electrons. The van der Waals surface area contributed by atoms with Crippen LogP contribution in [-0.2, 0) is 14.8 Å². The lowest BCUT2D eigenvalue weighted by Crippen LogP contribution is -2.49. The second-order valence-electron chi connectivity index (χ2n) is 6.90. The molecule has 0 atom stereocenters. The van der Waals surface area contributed by atoms with Crippen molar-refractivity contribution in [3.63, 3.8) is 0 Å². The molecule has 0 spiro atoms. The molecule has 1 amide bonds. The van der Waals surface area contributed by atoms with Crippen LogP contribution in [0.3, 0.4) is 0 Å². The van der Waals surface area contributed by atoms with Crippen molar-refractivity contribution in [1.29, 1.82) is 0 Å². The predicted molar refractivity (Wildman–Crippen MR) is 108 cm³/mol. The van der Waals surface area contributed by atoms with E-state index in [1.54, 1.807) is 41.3 Å². The lowest BCUT2D eigenvalue weighted by atomic mass is 10.2. The Kier molecular flexibility index (Phi) is 5.23. The largest absolute Gasteiger partial charge is 0.366 e. The Bertz CT molecular complexity index is 1060. The minimum Gasteiger partial charge on any atom is -0.366 e. The van der Waals surface area contributed by atoms with Crippen LogP contribution < -0.4 is 9.62 Å². The zero-order valence-electron chi connectivity index (χ0n) is 15.7. The number of piperazine rings is 1. The number of nitrogens with zero attached hydrogens (tertiary/aromatic N) is 3. The maximum atomic E-state index is 13.9. The second-order valence-corrected chi connectivity index (χ2v) is 8.55. The molecule has 0 bridgehead atoms. The molecule has 2 aromatic carbocycles. The van der Waals surface area contributed by atoms with Gasteiger partial charge in [0.25, 0.3) is 10.0 Å². The highest BCUT2D eigenvalue weighted by Gasteiger charge is 2.30. The molecular formula is C20H21FN4O3S. The lowest BCUT2D eigenvalue weighted by Gasteiger charge is -2.36. The Hall–Kier alpha value is -2.94. The third kappa shape index (κ3) is 3.95. The summed E-state index contributed by atoms with van der Waals surface area (Å²) in [7, 11) is -3.57. The van der Waals surface area contributed by atoms with E-state index in [-0.39, 0.29) is 35.4 Å². The fourth-order valence-corrected chi connectivity index (χ4v) is 4.83. The summed E-state index contributed by atoms with van der Waals surface area (Å²) < 4.78 is 40.5. The summed E-state index contributed by atoms with van der Waals surface area (Å²) in [5.74, 6) is -0.0307. The number of para-hydroxylation sites is 1. The van der Waals surface area contributed by atoms with E-state index in [4.69, 9.17) is 0 Å². The van der Waals surface area contributed by atoms with E-state index in [0.29, 0.717) is 37.4 Å². The van der Waals surface area contributed by atoms with Crippen LogP contribution in [0.4, 0.5) is 10.1 Å². The number of anilines is 1. The molecule has 1 N–H and O–H groups in total. The number of carbonyl (C=O) groups excluding carboxylic acids is 1. The quantitative estimate of drug-likeness (QED) is 0.821. The van der Waals surface area contributed by atoms with E-state index in [9.17, 15) is 17.6 Å². The van der Waals surface area contributed by atoms with Crippen LogP contribution in [0.2, 0.25) is 0 Å². The van der Waals surface area contributed by atoms with Gasteiger partial charge in [-0.25, -0.2) is 12.8 Å². The molecule has 0 radical (unpaired) electrons. The van der Waals surface area contributed by atoms with Gasteiger partial charge in [-0.1, -0.05) is 24.3 Å². The van der Waals surface area contributed by atoms with Crippen molar-refractivity contribution in [2.75, 3.05) is 37.6 Å². The second kappa shape index (κ2) is 7.82. The first-order valence-electron chi connectivity index (χ1n) is 9.39. The maximum Gasteiger partial charge on any atom is 0.263 e. The average Bonchev–Trinajstić information content (AvgIpc) is 2.99. The van der Waals surface area contributed by atoms with Gasteiger partial charge in [-0.2, -0.15) is 0 Å². The highest BCUT2D eigenvalue weighted by atomic mass is 32.2. The summed E-state index contributed by atoms with van der Waals surface area (Å²) in [6.07, 6.45) is 0.188. The van der Waals surface area contributed by atoms with Gasteiger partial charge < -0.3 is 9.80 Å². The standard InChI is InChI=1S/C20H21FN4O3S/c21-16-6-2-3-7-17(16)24-11-13-25(14-12-24)19(26)9-10-22-20-15-5-1-4-8-18(15)29(27,28)23-20/h1-8H,9-14H2,(H,22,23). The number of nitrogens with one attached hydrogen (secondary N) is 1. The van der Waals surface area contributed by atoms with Gasteiger partial charge in [0.1, 0.15) is 11.7 Å². The molecule has 0 aliphatic carbocycles. The average molecular weight is 416 g/mol. The monoisotopic (exact) mass is 416 g/mol. The molecule has 0 saturated carbocycles. The summed E-state index contributed by atoms with van der Waals surface area (Å²) in [5.41, 5.74) is 1.08. The molecule has 7 nitrogen and oxygen atoms in total. The topological polar surface area (TPSA) is 82.1 Å². The number of fused-ring (bicyclic) bond motifs is 1. The molecule has 2 heterocycles. The molecule has 0 unspecified atom stereocenters. The smallest absolute Gasteiger partial charge is 0.263 e. The molecule has 9 heteroatoms. The maximum absolute atomic E-state index is 13.9. The van der Waals surface area contributed by atoms with Crippen LogP contribution >= 0.6 is 0 Å². The van der Waals surface area contributed by atoms with Gasteiger partial charge >= 0.3 is 0 Å². The third-order valence-corrected chi connectivity index (χ3v) is 6.48. The van der Waals surface area contributed by atoms with Crippen LogP contribution in [0.5, 0.6) is 0 Å². The number of carbonyl (C=O) groups is 1. The van der Waals surface area contributed by atoms with Crippen molar-refractivity contribution in [3.8, 4) is 0 Å². The Morgan fingerprint density at radius 1 is 1.03 bits per heavy atom. The van der Waals surface area contributed by atoms with E-state index >= 15 is 0 Å². The molecule has 2 aliphatic heterocycles. The van der Waals surface area contributed by atoms with Crippen LogP contribution in [-0.4, -0.2) is 57.8 Å². The minimum absolute atomic E-state index is 0.0447. The first kappa shape index (κ1) is 19.4. The number of hydrogen-bond donors (Lipinski definition) is 1. The van der Waals surface area contributed by atoms with E-state index in [1.165, 1.54) is 12.1 Å². The first-order valence-corrected chi connectivity index (χ1v) is 10.9. The fraction of sp³-hybridized carbons (Fsp3) is 0.300. The van der Waals surface area contributed by atoms with Crippen molar-refractivity contribution >= 4 is 27.5 Å². The molecular weight excluding hydrogens is 395 g/mol. The lowest BCUT2D eigenvalue weighted by molar-refractivity contribution is -0.131. The van der Waals surface area contributed by atoms with Gasteiger partial charge in [0.15, 0.2) is 0 Å². The highest BCUT2D eigenvalue weighted by Crippen LogP contribution is 2.22. The molecule has 29 heavy (non-hydrogen) atoms. The SMILES string of the molecule is O=C(CCN=C1NS(=O)(=O)c2ccccc21)N1CCN(c2ccccc2F)CC1. The Morgan fingerprint density at radius 3 is 2.48 bits per heavy atom. The molecule has 2 aromatic rings. The van der Waals surface area contributed by atoms with Crippen molar-refractivity contribution in [3.05, 3.63) is 59.9 Å². The summed E-state index contributed by atoms with van der Waals surface area (Å²) in [6.45, 7) is 2.35. The zero-order chi connectivity index (χ0) is 20.4. The molecule has 1 fully saturated rings. The number of benzene rings is 2. The van der Waals surface area contributed by atoms with Gasteiger partial charge in [-0.3, -0.25) is 14.5 Å². The van der Waals surface area contributed by atoms with Gasteiger partial charge in [0.05, 0.1) is 17.1 Å². The van der Waals surface area contributed by atoms with E-state index in [1.807, 2.05) is 4.90 Å². The summed E-state index contributed by atoms with van der Waals surface area (Å²) in [6, 6.07) is 13.2. The number of halogens is 1. The third-order valence-electron chi connectivity index (χ3n) is 5.08. The van der Waals surface area contributed by atoms with Crippen molar-refractivity contribution in [1.82, 2.24) is 9.62 Å². The Morgan fingerprint density at radius 2 is 1.72 bits per heavy atom. The van der Waals surface area contributed by atoms with E-state index < -0.39 is 10.0 Å². The van der Waals surface area contributed by atoms with Crippen molar-refractivity contribution in [2.24, 2.45) is 4.99 Å². The molecule has 2 aliphatic rings. The van der Waals surface area contributed by atoms with Crippen LogP contribution in [0.1, 0.15) is 12.0 Å². The number of aliphatic imine (C=N–C) groups is 1. The van der Waals surface area contributed by atoms with E-state index in [2.05, 4.69) is 9.71 Å². The molecule has 0 aromatic heterocycles. The van der Waals surface area contributed by atoms with Crippen LogP contribution in [0.25, 0.3) is 0 Å². The minimum atomic E-state index is -3.57. The normalized spacial score (nSPS) is 19.1. The van der Waals surface area contributed by atoms with E-state index in [0.717, 1.165) is 0 Å². The van der Waals surface area contributed by atoms with Crippen LogP contribution in [0, 0.1) is 5.82 Å². The zero-order valence-corrected chi connectivity index (χ0v) is 16.5. The summed E-state index contributed by atoms with van der Waals surface area (Å²) in [5, 5.41) is 0. The van der Waals surface area contributed by atoms with Gasteiger partial charge in [0.2, 0.25) is 5.91 Å². The number of hydrogen-bond acceptors (Lipinski definition) is 5. The number of amidine groups is 1. The number of sulfonamides is 1. The molecule has 1 saturated heterocycles. The van der Waals surface area contributed by atoms with Gasteiger partial charge in [-0.05, 0) is 24.3 Å². The first-order chi connectivity index (χ1) is 14.0. The van der Waals surface area contributed by atoms with Gasteiger partial charge in [0, 0.05) is 38.2 Å². The van der Waals surface area contributed by atoms with Gasteiger partial charge in [-0.15, -0.1) is 0 Å². The number of rotatable bonds is 4. The molecule has 4 rings (SSSR count). The summed E-state index contributed by atoms with van der Waals surface area (Å²) >= 11 is 0. The van der Waals surface area contributed by atoms with Crippen molar-refractivity contribution in [2.45, 2.75) is 11.3 Å². The van der Waals surface area contributed by atoms with Crippen LogP contribution in [0.15, 0.2) is 58.4 Å². The highest BCUT2D eigenvalue weighted by molar-refractivity contribution is 7.90. The van der Waals surface area contributed by atoms with Crippen molar-refractivity contribution < 1.29 is 17.6 Å². The Balaban J connectivity index is 1.33. The predicted octanol–water partition coefficient (Wildman–Crippen LogP) is 1.60.